The minimum atomic E-state index is -0.490. The van der Waals surface area contributed by atoms with Crippen molar-refractivity contribution in [3.05, 3.63) is 12.4 Å². The maximum Gasteiger partial charge on any atom is 0.239 e. The molecule has 0 bridgehead atoms. The Kier molecular flexibility index (Phi) is 2.63. The molecular weight excluding hydrogens is 170 g/mol. The number of aromatic nitrogens is 2. The fourth-order valence-electron chi connectivity index (χ4n) is 0.744. The van der Waals surface area contributed by atoms with Crippen molar-refractivity contribution in [2.75, 3.05) is 11.1 Å². The SMILES string of the molecule is CC(Nc1cncc(N)n1)C(N)=O. The van der Waals surface area contributed by atoms with Crippen molar-refractivity contribution in [3.8, 4) is 0 Å². The molecule has 70 valence electrons. The van der Waals surface area contributed by atoms with Gasteiger partial charge in [-0.05, 0) is 6.92 Å². The van der Waals surface area contributed by atoms with Gasteiger partial charge in [0, 0.05) is 0 Å². The number of hydrogen-bond acceptors (Lipinski definition) is 5. The van der Waals surface area contributed by atoms with Crippen molar-refractivity contribution in [3.63, 3.8) is 0 Å². The number of nitrogens with two attached hydrogens (primary N) is 2. The molecule has 13 heavy (non-hydrogen) atoms. The average Bonchev–Trinajstić information content (AvgIpc) is 2.04. The molecule has 0 spiro atoms. The van der Waals surface area contributed by atoms with Gasteiger partial charge >= 0.3 is 0 Å². The normalized spacial score (nSPS) is 12.1. The van der Waals surface area contributed by atoms with Gasteiger partial charge in [-0.3, -0.25) is 9.78 Å². The van der Waals surface area contributed by atoms with Gasteiger partial charge in [-0.25, -0.2) is 4.98 Å². The molecule has 0 aromatic carbocycles. The van der Waals surface area contributed by atoms with Crippen LogP contribution in [0.5, 0.6) is 0 Å². The average molecular weight is 181 g/mol. The summed E-state index contributed by atoms with van der Waals surface area (Å²) in [4.78, 5) is 18.4. The molecule has 1 amide bonds. The van der Waals surface area contributed by atoms with Crippen LogP contribution in [0.25, 0.3) is 0 Å². The van der Waals surface area contributed by atoms with Gasteiger partial charge in [0.15, 0.2) is 0 Å². The topological polar surface area (TPSA) is 107 Å². The first-order valence-electron chi connectivity index (χ1n) is 3.73. The highest BCUT2D eigenvalue weighted by Gasteiger charge is 2.08. The zero-order chi connectivity index (χ0) is 9.84. The summed E-state index contributed by atoms with van der Waals surface area (Å²) in [5.74, 6) is 0.275. The minimum absolute atomic E-state index is 0.293. The Morgan fingerprint density at radius 1 is 1.62 bits per heavy atom. The first kappa shape index (κ1) is 9.24. The number of rotatable bonds is 3. The van der Waals surface area contributed by atoms with Crippen LogP contribution in [-0.4, -0.2) is 21.9 Å². The number of primary amides is 1. The summed E-state index contributed by atoms with van der Waals surface area (Å²) >= 11 is 0. The molecule has 0 saturated carbocycles. The fraction of sp³-hybridized carbons (Fsp3) is 0.286. The Hall–Kier alpha value is -1.85. The molecule has 1 aromatic rings. The van der Waals surface area contributed by atoms with Crippen molar-refractivity contribution < 1.29 is 4.79 Å². The summed E-state index contributed by atoms with van der Waals surface area (Å²) in [6.07, 6.45) is 2.88. The van der Waals surface area contributed by atoms with Gasteiger partial charge in [-0.1, -0.05) is 0 Å². The van der Waals surface area contributed by atoms with Crippen molar-refractivity contribution >= 4 is 17.5 Å². The van der Waals surface area contributed by atoms with Gasteiger partial charge in [-0.2, -0.15) is 0 Å². The van der Waals surface area contributed by atoms with E-state index in [0.29, 0.717) is 11.6 Å². The van der Waals surface area contributed by atoms with Gasteiger partial charge in [0.1, 0.15) is 17.7 Å². The van der Waals surface area contributed by atoms with E-state index in [1.54, 1.807) is 6.92 Å². The highest BCUT2D eigenvalue weighted by Crippen LogP contribution is 2.04. The van der Waals surface area contributed by atoms with Crippen LogP contribution in [0.3, 0.4) is 0 Å². The number of nitrogen functional groups attached to an aromatic ring is 1. The van der Waals surface area contributed by atoms with Crippen LogP contribution in [0.1, 0.15) is 6.92 Å². The van der Waals surface area contributed by atoms with E-state index >= 15 is 0 Å². The summed E-state index contributed by atoms with van der Waals surface area (Å²) in [6, 6.07) is -0.490. The van der Waals surface area contributed by atoms with Gasteiger partial charge in [0.2, 0.25) is 5.91 Å². The number of nitrogens with one attached hydrogen (secondary N) is 1. The van der Waals surface area contributed by atoms with Crippen LogP contribution >= 0.6 is 0 Å². The third kappa shape index (κ3) is 2.58. The minimum Gasteiger partial charge on any atom is -0.382 e. The lowest BCUT2D eigenvalue weighted by molar-refractivity contribution is -0.118. The lowest BCUT2D eigenvalue weighted by atomic mass is 10.3. The third-order valence-electron chi connectivity index (χ3n) is 1.44. The third-order valence-corrected chi connectivity index (χ3v) is 1.44. The van der Waals surface area contributed by atoms with Crippen molar-refractivity contribution in [2.45, 2.75) is 13.0 Å². The van der Waals surface area contributed by atoms with Gasteiger partial charge < -0.3 is 16.8 Å². The second-order valence-electron chi connectivity index (χ2n) is 2.60. The maximum atomic E-state index is 10.7. The summed E-state index contributed by atoms with van der Waals surface area (Å²) in [7, 11) is 0. The van der Waals surface area contributed by atoms with E-state index in [1.165, 1.54) is 12.4 Å². The molecule has 0 saturated heterocycles. The molecule has 6 heteroatoms. The fourth-order valence-corrected chi connectivity index (χ4v) is 0.744. The van der Waals surface area contributed by atoms with Gasteiger partial charge in [0.05, 0.1) is 12.4 Å². The largest absolute Gasteiger partial charge is 0.382 e. The zero-order valence-electron chi connectivity index (χ0n) is 7.19. The Balaban J connectivity index is 2.69. The van der Waals surface area contributed by atoms with E-state index < -0.39 is 11.9 Å². The quantitative estimate of drug-likeness (QED) is 0.574. The molecule has 0 fully saturated rings. The summed E-state index contributed by atoms with van der Waals surface area (Å²) in [6.45, 7) is 1.63. The molecule has 1 aromatic heterocycles. The standard InChI is InChI=1S/C7H11N5O/c1-4(7(9)13)11-6-3-10-2-5(8)12-6/h2-4H,1H3,(H2,9,13)(H3,8,11,12). The van der Waals surface area contributed by atoms with Crippen LogP contribution in [0.2, 0.25) is 0 Å². The first-order chi connectivity index (χ1) is 6.09. The lowest BCUT2D eigenvalue weighted by Gasteiger charge is -2.09. The molecule has 6 nitrogen and oxygen atoms in total. The van der Waals surface area contributed by atoms with E-state index in [9.17, 15) is 4.79 Å². The number of nitrogens with zero attached hydrogens (tertiary/aromatic N) is 2. The highest BCUT2D eigenvalue weighted by molar-refractivity contribution is 5.82. The monoisotopic (exact) mass is 181 g/mol. The molecule has 0 aliphatic carbocycles. The van der Waals surface area contributed by atoms with E-state index in [1.807, 2.05) is 0 Å². The summed E-state index contributed by atoms with van der Waals surface area (Å²) < 4.78 is 0. The van der Waals surface area contributed by atoms with Crippen molar-refractivity contribution in [1.29, 1.82) is 0 Å². The number of hydrogen-bond donors (Lipinski definition) is 3. The number of carbonyl (C=O) groups excluding carboxylic acids is 1. The molecule has 1 rings (SSSR count). The van der Waals surface area contributed by atoms with Crippen molar-refractivity contribution in [1.82, 2.24) is 9.97 Å². The Morgan fingerprint density at radius 3 is 2.85 bits per heavy atom. The van der Waals surface area contributed by atoms with Crippen LogP contribution in [0.4, 0.5) is 11.6 Å². The molecule has 0 aliphatic heterocycles. The Morgan fingerprint density at radius 2 is 2.31 bits per heavy atom. The van der Waals surface area contributed by atoms with Crippen LogP contribution < -0.4 is 16.8 Å². The highest BCUT2D eigenvalue weighted by atomic mass is 16.1. The van der Waals surface area contributed by atoms with Gasteiger partial charge in [-0.15, -0.1) is 0 Å². The number of carbonyl (C=O) groups is 1. The second-order valence-corrected chi connectivity index (χ2v) is 2.60. The smallest absolute Gasteiger partial charge is 0.239 e. The molecule has 0 radical (unpaired) electrons. The number of amides is 1. The van der Waals surface area contributed by atoms with Gasteiger partial charge in [0.25, 0.3) is 0 Å². The van der Waals surface area contributed by atoms with Crippen molar-refractivity contribution in [2.24, 2.45) is 5.73 Å². The molecule has 1 atom stereocenters. The Labute approximate surface area is 75.4 Å². The van der Waals surface area contributed by atoms with Crippen LogP contribution in [-0.2, 0) is 4.79 Å². The maximum absolute atomic E-state index is 10.7. The van der Waals surface area contributed by atoms with E-state index in [2.05, 4.69) is 15.3 Å². The lowest BCUT2D eigenvalue weighted by Crippen LogP contribution is -2.32. The molecule has 1 heterocycles. The Bertz CT molecular complexity index is 314. The molecule has 5 N–H and O–H groups in total. The molecule has 0 aliphatic rings. The van der Waals surface area contributed by atoms with Crippen LogP contribution in [0.15, 0.2) is 12.4 Å². The predicted molar refractivity (Wildman–Crippen MR) is 48.7 cm³/mol. The summed E-state index contributed by atoms with van der Waals surface area (Å²) in [5.41, 5.74) is 10.4. The predicted octanol–water partition coefficient (Wildman–Crippen LogP) is -0.655. The zero-order valence-corrected chi connectivity index (χ0v) is 7.19. The van der Waals surface area contributed by atoms with E-state index in [4.69, 9.17) is 11.5 Å². The van der Waals surface area contributed by atoms with E-state index in [0.717, 1.165) is 0 Å². The van der Waals surface area contributed by atoms with Crippen LogP contribution in [0, 0.1) is 0 Å². The molecule has 1 unspecified atom stereocenters. The summed E-state index contributed by atoms with van der Waals surface area (Å²) in [5, 5.41) is 2.75. The second kappa shape index (κ2) is 3.70. The molecular formula is C7H11N5O. The van der Waals surface area contributed by atoms with E-state index in [-0.39, 0.29) is 0 Å². The number of anilines is 2. The first-order valence-corrected chi connectivity index (χ1v) is 3.73.